The van der Waals surface area contributed by atoms with Gasteiger partial charge in [0.25, 0.3) is 0 Å². The van der Waals surface area contributed by atoms with Crippen LogP contribution in [0.3, 0.4) is 0 Å². The Balaban J connectivity index is 1.64. The molecule has 2 heterocycles. The first kappa shape index (κ1) is 22.8. The van der Waals surface area contributed by atoms with Gasteiger partial charge in [0.05, 0.1) is 24.6 Å². The molecule has 1 aromatic heterocycles. The van der Waals surface area contributed by atoms with Gasteiger partial charge in [-0.3, -0.25) is 9.78 Å². The summed E-state index contributed by atoms with van der Waals surface area (Å²) in [4.78, 5) is 18.5. The van der Waals surface area contributed by atoms with Crippen LogP contribution in [0.25, 0.3) is 10.9 Å². The molecule has 0 radical (unpaired) electrons. The maximum absolute atomic E-state index is 11.9. The number of aliphatic hydroxyl groups is 1. The first-order valence-electron chi connectivity index (χ1n) is 10.7. The Bertz CT molecular complexity index is 847. The van der Waals surface area contributed by atoms with Crippen molar-refractivity contribution in [3.05, 3.63) is 36.0 Å². The first-order chi connectivity index (χ1) is 14.5. The summed E-state index contributed by atoms with van der Waals surface area (Å²) in [6, 6.07) is 7.48. The van der Waals surface area contributed by atoms with Gasteiger partial charge in [-0.25, -0.2) is 0 Å². The largest absolute Gasteiger partial charge is 0.497 e. The monoisotopic (exact) mass is 432 g/mol. The molecule has 1 saturated heterocycles. The Hall–Kier alpha value is -1.83. The summed E-state index contributed by atoms with van der Waals surface area (Å²) in [7, 11) is 1.62. The van der Waals surface area contributed by atoms with Crippen LogP contribution in [0.2, 0.25) is 0 Å². The second-order valence-corrected chi connectivity index (χ2v) is 9.26. The zero-order chi connectivity index (χ0) is 21.5. The van der Waals surface area contributed by atoms with Gasteiger partial charge >= 0.3 is 5.97 Å². The van der Waals surface area contributed by atoms with Crippen molar-refractivity contribution in [3.63, 3.8) is 0 Å². The summed E-state index contributed by atoms with van der Waals surface area (Å²) in [5.41, 5.74) is 1.63. The van der Waals surface area contributed by atoms with Crippen LogP contribution >= 0.6 is 11.8 Å². The predicted molar refractivity (Wildman–Crippen MR) is 121 cm³/mol. The summed E-state index contributed by atoms with van der Waals surface area (Å²) >= 11 is 1.89. The van der Waals surface area contributed by atoms with E-state index in [4.69, 9.17) is 4.74 Å². The minimum atomic E-state index is -0.721. The fourth-order valence-electron chi connectivity index (χ4n) is 4.33. The number of rotatable bonds is 10. The lowest BCUT2D eigenvalue weighted by molar-refractivity contribution is -0.146. The summed E-state index contributed by atoms with van der Waals surface area (Å²) in [6.07, 6.45) is 3.15. The molecule has 3 rings (SSSR count). The number of carbonyl (C=O) groups is 1. The number of aromatic nitrogens is 1. The lowest BCUT2D eigenvalue weighted by Crippen LogP contribution is -2.44. The number of nitrogens with zero attached hydrogens (tertiary/aromatic N) is 2. The van der Waals surface area contributed by atoms with Gasteiger partial charge < -0.3 is 19.8 Å². The molecule has 7 heteroatoms. The normalized spacial score (nSPS) is 20.9. The molecular formula is C23H32N2O4S. The lowest BCUT2D eigenvalue weighted by Gasteiger charge is -2.36. The van der Waals surface area contributed by atoms with Crippen LogP contribution in [0, 0.1) is 11.8 Å². The van der Waals surface area contributed by atoms with Gasteiger partial charge in [0.15, 0.2) is 0 Å². The third-order valence-electron chi connectivity index (χ3n) is 6.07. The molecule has 0 unspecified atom stereocenters. The molecule has 0 spiro atoms. The Kier molecular flexibility index (Phi) is 8.36. The third kappa shape index (κ3) is 5.65. The molecule has 0 amide bonds. The van der Waals surface area contributed by atoms with Gasteiger partial charge in [-0.2, -0.15) is 11.8 Å². The van der Waals surface area contributed by atoms with E-state index in [1.807, 2.05) is 36.0 Å². The van der Waals surface area contributed by atoms with Crippen LogP contribution in [0.4, 0.5) is 0 Å². The third-order valence-corrected chi connectivity index (χ3v) is 6.95. The fourth-order valence-corrected chi connectivity index (χ4v) is 5.00. The van der Waals surface area contributed by atoms with Crippen molar-refractivity contribution in [1.29, 1.82) is 0 Å². The number of fused-ring (bicyclic) bond motifs is 1. The molecule has 30 heavy (non-hydrogen) atoms. The van der Waals surface area contributed by atoms with E-state index in [1.165, 1.54) is 0 Å². The van der Waals surface area contributed by atoms with Crippen molar-refractivity contribution in [2.24, 2.45) is 11.8 Å². The molecular weight excluding hydrogens is 400 g/mol. The molecule has 0 saturated carbocycles. The van der Waals surface area contributed by atoms with Crippen LogP contribution in [0.1, 0.15) is 37.9 Å². The Labute approximate surface area is 182 Å². The summed E-state index contributed by atoms with van der Waals surface area (Å²) in [6.45, 7) is 4.63. The Morgan fingerprint density at radius 2 is 2.23 bits per heavy atom. The number of piperidine rings is 1. The van der Waals surface area contributed by atoms with Crippen LogP contribution in [0.15, 0.2) is 30.5 Å². The van der Waals surface area contributed by atoms with Crippen LogP contribution in [0.5, 0.6) is 5.75 Å². The van der Waals surface area contributed by atoms with E-state index >= 15 is 0 Å². The SMILES string of the molecule is CCSCCN1CC[C@@H](CC[C@@H](O)c2ccnc3ccc(OC)cc23)[C@@H](C(=O)O)C1. The highest BCUT2D eigenvalue weighted by Gasteiger charge is 2.34. The molecule has 6 nitrogen and oxygen atoms in total. The van der Waals surface area contributed by atoms with Gasteiger partial charge in [-0.05, 0) is 67.3 Å². The molecule has 1 aliphatic rings. The number of carboxylic acids is 1. The van der Waals surface area contributed by atoms with Crippen molar-refractivity contribution < 1.29 is 19.7 Å². The quantitative estimate of drug-likeness (QED) is 0.552. The van der Waals surface area contributed by atoms with E-state index < -0.39 is 12.1 Å². The van der Waals surface area contributed by atoms with E-state index in [0.29, 0.717) is 19.4 Å². The standard InChI is InChI=1S/C23H32N2O4S/c1-3-30-13-12-25-11-9-16(20(15-25)23(27)28)4-7-22(26)18-8-10-24-21-6-5-17(29-2)14-19(18)21/h5-6,8,10,14,16,20,22,26H,3-4,7,9,11-13,15H2,1-2H3,(H,27,28)/t16-,20+,22-/m1/s1. The van der Waals surface area contributed by atoms with Crippen molar-refractivity contribution in [3.8, 4) is 5.75 Å². The Morgan fingerprint density at radius 3 is 2.97 bits per heavy atom. The highest BCUT2D eigenvalue weighted by Crippen LogP contribution is 2.33. The van der Waals surface area contributed by atoms with E-state index in [-0.39, 0.29) is 11.8 Å². The van der Waals surface area contributed by atoms with E-state index in [9.17, 15) is 15.0 Å². The highest BCUT2D eigenvalue weighted by molar-refractivity contribution is 7.99. The second kappa shape index (κ2) is 11.0. The number of carboxylic acid groups (broad SMARTS) is 1. The number of hydrogen-bond donors (Lipinski definition) is 2. The number of methoxy groups -OCH3 is 1. The van der Waals surface area contributed by atoms with Crippen LogP contribution in [-0.4, -0.2) is 64.3 Å². The topological polar surface area (TPSA) is 82.9 Å². The average molecular weight is 433 g/mol. The number of aliphatic hydroxyl groups excluding tert-OH is 1. The molecule has 1 aliphatic heterocycles. The smallest absolute Gasteiger partial charge is 0.308 e. The highest BCUT2D eigenvalue weighted by atomic mass is 32.2. The van der Waals surface area contributed by atoms with Gasteiger partial charge in [0, 0.05) is 30.4 Å². The molecule has 1 fully saturated rings. The number of hydrogen-bond acceptors (Lipinski definition) is 6. The van der Waals surface area contributed by atoms with Crippen molar-refractivity contribution in [2.45, 2.75) is 32.3 Å². The maximum Gasteiger partial charge on any atom is 0.308 e. The molecule has 3 atom stereocenters. The molecule has 2 aromatic rings. The minimum Gasteiger partial charge on any atom is -0.497 e. The first-order valence-corrected chi connectivity index (χ1v) is 11.8. The molecule has 0 aliphatic carbocycles. The van der Waals surface area contributed by atoms with Gasteiger partial charge in [-0.15, -0.1) is 0 Å². The van der Waals surface area contributed by atoms with Crippen LogP contribution in [-0.2, 0) is 4.79 Å². The zero-order valence-corrected chi connectivity index (χ0v) is 18.6. The van der Waals surface area contributed by atoms with E-state index in [1.54, 1.807) is 13.3 Å². The van der Waals surface area contributed by atoms with Crippen molar-refractivity contribution in [2.75, 3.05) is 38.2 Å². The predicted octanol–water partition coefficient (Wildman–Crippen LogP) is 3.83. The number of thioether (sulfide) groups is 1. The summed E-state index contributed by atoms with van der Waals surface area (Å²) < 4.78 is 5.32. The molecule has 2 N–H and O–H groups in total. The minimum absolute atomic E-state index is 0.0925. The zero-order valence-electron chi connectivity index (χ0n) is 17.8. The van der Waals surface area contributed by atoms with E-state index in [0.717, 1.165) is 53.2 Å². The molecule has 1 aromatic carbocycles. The summed E-state index contributed by atoms with van der Waals surface area (Å²) in [5.74, 6) is 1.86. The van der Waals surface area contributed by atoms with Crippen LogP contribution < -0.4 is 4.74 Å². The van der Waals surface area contributed by atoms with Gasteiger partial charge in [0.1, 0.15) is 5.75 Å². The number of aliphatic carboxylic acids is 1. The number of pyridine rings is 1. The van der Waals surface area contributed by atoms with Crippen molar-refractivity contribution in [1.82, 2.24) is 9.88 Å². The molecule has 0 bridgehead atoms. The average Bonchev–Trinajstić information content (AvgIpc) is 2.77. The summed E-state index contributed by atoms with van der Waals surface area (Å²) in [5, 5.41) is 21.5. The van der Waals surface area contributed by atoms with Gasteiger partial charge in [0.2, 0.25) is 0 Å². The number of benzene rings is 1. The van der Waals surface area contributed by atoms with Crippen molar-refractivity contribution >= 4 is 28.6 Å². The van der Waals surface area contributed by atoms with E-state index in [2.05, 4.69) is 16.8 Å². The maximum atomic E-state index is 11.9. The van der Waals surface area contributed by atoms with Gasteiger partial charge in [-0.1, -0.05) is 6.92 Å². The second-order valence-electron chi connectivity index (χ2n) is 7.87. The number of likely N-dealkylation sites (tertiary alicyclic amines) is 1. The molecule has 164 valence electrons. The lowest BCUT2D eigenvalue weighted by atomic mass is 9.81. The Morgan fingerprint density at radius 1 is 1.40 bits per heavy atom. The number of ether oxygens (including phenoxy) is 1. The fraction of sp³-hybridized carbons (Fsp3) is 0.565.